The van der Waals surface area contributed by atoms with Crippen molar-refractivity contribution in [2.45, 2.75) is 28.7 Å². The SMILES string of the molecule is CNC1CCN(c2ccc(Nc3nc(Nc4ccccc4S(=O)(=[OH+])c4ccccc4)c4ccccc4n3)c(OC)c2)CC1. The van der Waals surface area contributed by atoms with Gasteiger partial charge in [0.25, 0.3) is 0 Å². The third-order valence-corrected chi connectivity index (χ3v) is 9.67. The molecule has 5 aromatic rings. The maximum Gasteiger partial charge on any atom is 0.334 e. The van der Waals surface area contributed by atoms with Gasteiger partial charge in [0, 0.05) is 36.3 Å². The van der Waals surface area contributed by atoms with Gasteiger partial charge < -0.3 is 25.6 Å². The predicted molar refractivity (Wildman–Crippen MR) is 173 cm³/mol. The minimum absolute atomic E-state index is 0.273. The van der Waals surface area contributed by atoms with E-state index in [9.17, 15) is 8.42 Å². The first kappa shape index (κ1) is 28.4. The highest BCUT2D eigenvalue weighted by atomic mass is 32.2. The third kappa shape index (κ3) is 5.97. The van der Waals surface area contributed by atoms with Crippen molar-refractivity contribution in [1.82, 2.24) is 15.3 Å². The number of aromatic nitrogens is 2. The van der Waals surface area contributed by atoms with Crippen LogP contribution in [-0.2, 0) is 9.84 Å². The van der Waals surface area contributed by atoms with E-state index in [1.54, 1.807) is 49.6 Å². The summed E-state index contributed by atoms with van der Waals surface area (Å²) in [6.45, 7) is 1.96. The average Bonchev–Trinajstić information content (AvgIpc) is 3.05. The Morgan fingerprint density at radius 3 is 2.35 bits per heavy atom. The van der Waals surface area contributed by atoms with Gasteiger partial charge in [0.2, 0.25) is 5.95 Å². The van der Waals surface area contributed by atoms with Crippen LogP contribution in [0.4, 0.5) is 28.8 Å². The molecule has 1 saturated heterocycles. The monoisotopic (exact) mass is 595 g/mol. The fraction of sp³-hybridized carbons (Fsp3) is 0.212. The fourth-order valence-corrected chi connectivity index (χ4v) is 6.89. The first-order chi connectivity index (χ1) is 21.0. The van der Waals surface area contributed by atoms with Gasteiger partial charge in [-0.05, 0) is 68.4 Å². The number of para-hydroxylation sites is 2. The second kappa shape index (κ2) is 12.3. The average molecular weight is 596 g/mol. The predicted octanol–water partition coefficient (Wildman–Crippen LogP) is 6.30. The molecule has 43 heavy (non-hydrogen) atoms. The van der Waals surface area contributed by atoms with Gasteiger partial charge in [-0.2, -0.15) is 9.19 Å². The molecule has 0 radical (unpaired) electrons. The standard InChI is InChI=1S/C33H34N6O3S/c1-34-23-18-20-39(21-19-23)24-16-17-28(30(22-24)42-2)37-33-36-27-13-7-6-12-26(27)32(38-33)35-29-14-8-9-15-31(29)43(40,41)25-10-4-3-5-11-25/h3-17,22-23,34H,18-21H2,1-2H3,(H2,35,36,37,38)/p+1. The Labute approximate surface area is 251 Å². The highest BCUT2D eigenvalue weighted by molar-refractivity contribution is 7.91. The summed E-state index contributed by atoms with van der Waals surface area (Å²) in [7, 11) is 0.152. The molecular weight excluding hydrogens is 560 g/mol. The van der Waals surface area contributed by atoms with Crippen LogP contribution in [-0.4, -0.2) is 51.7 Å². The number of anilines is 5. The zero-order valence-electron chi connectivity index (χ0n) is 24.2. The summed E-state index contributed by atoms with van der Waals surface area (Å²) < 4.78 is 30.6. The smallest absolute Gasteiger partial charge is 0.334 e. The molecule has 0 spiro atoms. The third-order valence-electron chi connectivity index (χ3n) is 7.80. The summed E-state index contributed by atoms with van der Waals surface area (Å²) in [5, 5.41) is 10.8. The van der Waals surface area contributed by atoms with E-state index in [1.165, 1.54) is 0 Å². The van der Waals surface area contributed by atoms with E-state index in [0.29, 0.717) is 34.1 Å². The van der Waals surface area contributed by atoms with E-state index in [1.807, 2.05) is 55.6 Å². The Balaban J connectivity index is 1.33. The molecule has 0 bridgehead atoms. The molecule has 4 aromatic carbocycles. The van der Waals surface area contributed by atoms with Gasteiger partial charge >= 0.3 is 9.84 Å². The van der Waals surface area contributed by atoms with E-state index < -0.39 is 9.84 Å². The molecule has 2 heterocycles. The van der Waals surface area contributed by atoms with Gasteiger partial charge in [0.1, 0.15) is 21.4 Å². The molecule has 0 amide bonds. The molecule has 1 aromatic heterocycles. The van der Waals surface area contributed by atoms with Crippen LogP contribution in [0.1, 0.15) is 12.8 Å². The molecule has 1 fully saturated rings. The van der Waals surface area contributed by atoms with Crippen LogP contribution >= 0.6 is 0 Å². The number of piperidine rings is 1. The maximum atomic E-state index is 13.7. The highest BCUT2D eigenvalue weighted by Crippen LogP contribution is 2.35. The highest BCUT2D eigenvalue weighted by Gasteiger charge is 2.27. The Morgan fingerprint density at radius 2 is 1.58 bits per heavy atom. The zero-order chi connectivity index (χ0) is 29.8. The molecular formula is C33H35N6O3S+. The van der Waals surface area contributed by atoms with E-state index >= 15 is 0 Å². The Bertz CT molecular complexity index is 1840. The van der Waals surface area contributed by atoms with Gasteiger partial charge in [-0.3, -0.25) is 0 Å². The molecule has 1 aliphatic rings. The van der Waals surface area contributed by atoms with Gasteiger partial charge in [-0.1, -0.05) is 42.5 Å². The molecule has 6 rings (SSSR count). The molecule has 1 atom stereocenters. The van der Waals surface area contributed by atoms with Gasteiger partial charge in [0.15, 0.2) is 0 Å². The lowest BCUT2D eigenvalue weighted by atomic mass is 10.0. The normalized spacial score (nSPS) is 15.2. The van der Waals surface area contributed by atoms with Crippen LogP contribution in [0.15, 0.2) is 107 Å². The number of nitrogens with one attached hydrogen (secondary N) is 3. The fourth-order valence-electron chi connectivity index (χ4n) is 5.43. The summed E-state index contributed by atoms with van der Waals surface area (Å²) >= 11 is 0. The Morgan fingerprint density at radius 1 is 0.860 bits per heavy atom. The lowest BCUT2D eigenvalue weighted by Crippen LogP contribution is -2.41. The summed E-state index contributed by atoms with van der Waals surface area (Å²) in [6.07, 6.45) is 2.19. The molecule has 1 unspecified atom stereocenters. The number of methoxy groups -OCH3 is 1. The van der Waals surface area contributed by atoms with Crippen molar-refractivity contribution in [1.29, 1.82) is 0 Å². The molecule has 0 saturated carbocycles. The number of ether oxygens (including phenoxy) is 1. The lowest BCUT2D eigenvalue weighted by molar-refractivity contribution is 0.415. The maximum absolute atomic E-state index is 13.7. The van der Waals surface area contributed by atoms with Crippen molar-refractivity contribution in [2.24, 2.45) is 0 Å². The van der Waals surface area contributed by atoms with E-state index in [4.69, 9.17) is 14.7 Å². The van der Waals surface area contributed by atoms with E-state index in [0.717, 1.165) is 48.2 Å². The molecule has 1 aliphatic heterocycles. The van der Waals surface area contributed by atoms with E-state index in [-0.39, 0.29) is 4.90 Å². The number of benzene rings is 4. The molecule has 0 aliphatic carbocycles. The Kier molecular flexibility index (Phi) is 8.13. The largest absolute Gasteiger partial charge is 0.494 e. The molecule has 9 nitrogen and oxygen atoms in total. The van der Waals surface area contributed by atoms with Gasteiger partial charge in [-0.25, -0.2) is 9.19 Å². The van der Waals surface area contributed by atoms with Crippen LogP contribution in [0.2, 0.25) is 0 Å². The molecule has 220 valence electrons. The first-order valence-electron chi connectivity index (χ1n) is 14.3. The summed E-state index contributed by atoms with van der Waals surface area (Å²) in [4.78, 5) is 12.6. The molecule has 10 heteroatoms. The topological polar surface area (TPSA) is 113 Å². The van der Waals surface area contributed by atoms with E-state index in [2.05, 4.69) is 26.9 Å². The van der Waals surface area contributed by atoms with Crippen molar-refractivity contribution < 1.29 is 13.2 Å². The zero-order valence-corrected chi connectivity index (χ0v) is 25.0. The number of rotatable bonds is 9. The lowest BCUT2D eigenvalue weighted by Gasteiger charge is -2.33. The van der Waals surface area contributed by atoms with Crippen LogP contribution in [0.25, 0.3) is 10.9 Å². The first-order valence-corrected chi connectivity index (χ1v) is 15.8. The van der Waals surface area contributed by atoms with Gasteiger partial charge in [-0.15, -0.1) is 0 Å². The van der Waals surface area contributed by atoms with Crippen LogP contribution in [0.5, 0.6) is 5.75 Å². The van der Waals surface area contributed by atoms with Crippen molar-refractivity contribution in [3.8, 4) is 5.75 Å². The van der Waals surface area contributed by atoms with Crippen molar-refractivity contribution in [3.05, 3.63) is 97.1 Å². The number of nitrogens with zero attached hydrogens (tertiary/aromatic N) is 3. The second-order valence-corrected chi connectivity index (χ2v) is 12.4. The van der Waals surface area contributed by atoms with Crippen molar-refractivity contribution in [3.63, 3.8) is 0 Å². The van der Waals surface area contributed by atoms with Crippen molar-refractivity contribution >= 4 is 49.6 Å². The summed E-state index contributed by atoms with van der Waals surface area (Å²) in [5.41, 5.74) is 3.05. The Hall–Kier alpha value is -4.67. The number of hydrogen-bond acceptors (Lipinski definition) is 8. The van der Waals surface area contributed by atoms with Gasteiger partial charge in [0.05, 0.1) is 24.0 Å². The van der Waals surface area contributed by atoms with Crippen LogP contribution < -0.4 is 25.6 Å². The second-order valence-electron chi connectivity index (χ2n) is 10.4. The minimum atomic E-state index is -3.52. The van der Waals surface area contributed by atoms with Crippen LogP contribution in [0.3, 0.4) is 0 Å². The summed E-state index contributed by atoms with van der Waals surface area (Å²) in [5.74, 6) is 1.56. The quantitative estimate of drug-likeness (QED) is 0.170. The molecule has 4 N–H and O–H groups in total. The summed E-state index contributed by atoms with van der Waals surface area (Å²) in [6, 6.07) is 30.0. The van der Waals surface area contributed by atoms with Crippen molar-refractivity contribution in [2.75, 3.05) is 42.8 Å². The van der Waals surface area contributed by atoms with Crippen LogP contribution in [0, 0.1) is 0 Å². The minimum Gasteiger partial charge on any atom is -0.494 e. The number of fused-ring (bicyclic) bond motifs is 1. The number of hydrogen-bond donors (Lipinski definition) is 3.